The lowest BCUT2D eigenvalue weighted by atomic mass is 9.77. The van der Waals surface area contributed by atoms with Gasteiger partial charge in [0.2, 0.25) is 0 Å². The minimum atomic E-state index is 0.763. The van der Waals surface area contributed by atoms with Crippen LogP contribution in [0.1, 0.15) is 39.0 Å². The second-order valence-corrected chi connectivity index (χ2v) is 4.67. The van der Waals surface area contributed by atoms with Crippen LogP contribution in [0.5, 0.6) is 0 Å². The molecule has 84 valence electrons. The van der Waals surface area contributed by atoms with Crippen molar-refractivity contribution < 1.29 is 4.74 Å². The molecular formula is C12H25NO. The molecule has 0 saturated heterocycles. The van der Waals surface area contributed by atoms with E-state index in [1.165, 1.54) is 32.1 Å². The van der Waals surface area contributed by atoms with Gasteiger partial charge in [-0.2, -0.15) is 0 Å². The Morgan fingerprint density at radius 1 is 1.43 bits per heavy atom. The van der Waals surface area contributed by atoms with Crippen LogP contribution in [0.15, 0.2) is 0 Å². The van der Waals surface area contributed by atoms with Gasteiger partial charge in [0.05, 0.1) is 0 Å². The number of ether oxygens (including phenoxy) is 1. The molecule has 3 atom stereocenters. The summed E-state index contributed by atoms with van der Waals surface area (Å²) in [6.45, 7) is 3.30. The van der Waals surface area contributed by atoms with Crippen LogP contribution in [0.3, 0.4) is 0 Å². The van der Waals surface area contributed by atoms with Gasteiger partial charge in [-0.15, -0.1) is 0 Å². The Bertz CT molecular complexity index is 149. The summed E-state index contributed by atoms with van der Waals surface area (Å²) in [5.41, 5.74) is 0. The summed E-state index contributed by atoms with van der Waals surface area (Å²) >= 11 is 0. The first-order valence-corrected chi connectivity index (χ1v) is 5.94. The van der Waals surface area contributed by atoms with Crippen LogP contribution in [-0.2, 0) is 4.74 Å². The lowest BCUT2D eigenvalue weighted by molar-refractivity contribution is 0.146. The molecule has 3 unspecified atom stereocenters. The molecule has 0 spiro atoms. The van der Waals surface area contributed by atoms with Crippen LogP contribution < -0.4 is 5.32 Å². The van der Waals surface area contributed by atoms with Crippen molar-refractivity contribution in [1.82, 2.24) is 5.32 Å². The molecule has 1 fully saturated rings. The molecule has 0 bridgehead atoms. The molecule has 0 amide bonds. The van der Waals surface area contributed by atoms with Gasteiger partial charge in [0, 0.05) is 19.8 Å². The Morgan fingerprint density at radius 3 is 2.86 bits per heavy atom. The first-order chi connectivity index (χ1) is 6.77. The molecule has 2 nitrogen and oxygen atoms in total. The summed E-state index contributed by atoms with van der Waals surface area (Å²) in [6.07, 6.45) is 6.76. The van der Waals surface area contributed by atoms with E-state index in [1.54, 1.807) is 7.11 Å². The van der Waals surface area contributed by atoms with E-state index in [-0.39, 0.29) is 0 Å². The molecule has 1 saturated carbocycles. The molecule has 0 aromatic heterocycles. The maximum absolute atomic E-state index is 5.14. The standard InChI is InChI=1S/C12H25NO/c1-10(7-8-14-3)11-5-4-6-12(9-11)13-2/h10-13H,4-9H2,1-3H3. The van der Waals surface area contributed by atoms with Crippen molar-refractivity contribution in [3.8, 4) is 0 Å². The predicted octanol–water partition coefficient (Wildman–Crippen LogP) is 2.44. The van der Waals surface area contributed by atoms with E-state index in [9.17, 15) is 0 Å². The maximum atomic E-state index is 5.14. The number of rotatable bonds is 5. The molecular weight excluding hydrogens is 174 g/mol. The van der Waals surface area contributed by atoms with Gasteiger partial charge in [0.1, 0.15) is 0 Å². The highest BCUT2D eigenvalue weighted by atomic mass is 16.5. The normalized spacial score (nSPS) is 30.2. The monoisotopic (exact) mass is 199 g/mol. The lowest BCUT2D eigenvalue weighted by Gasteiger charge is -2.32. The van der Waals surface area contributed by atoms with Crippen LogP contribution >= 0.6 is 0 Å². The summed E-state index contributed by atoms with van der Waals surface area (Å²) in [7, 11) is 3.89. The molecule has 1 aliphatic rings. The predicted molar refractivity (Wildman–Crippen MR) is 60.5 cm³/mol. The molecule has 0 aromatic carbocycles. The molecule has 1 N–H and O–H groups in total. The fourth-order valence-electron chi connectivity index (χ4n) is 2.55. The third kappa shape index (κ3) is 3.58. The quantitative estimate of drug-likeness (QED) is 0.734. The fraction of sp³-hybridized carbons (Fsp3) is 1.00. The molecule has 0 heterocycles. The van der Waals surface area contributed by atoms with E-state index in [2.05, 4.69) is 19.3 Å². The average Bonchev–Trinajstić information content (AvgIpc) is 2.26. The Labute approximate surface area is 88.4 Å². The van der Waals surface area contributed by atoms with E-state index >= 15 is 0 Å². The average molecular weight is 199 g/mol. The first kappa shape index (κ1) is 12.0. The SMILES string of the molecule is CNC1CCCC(C(C)CCOC)C1. The Balaban J connectivity index is 2.27. The van der Waals surface area contributed by atoms with Crippen LogP contribution in [0, 0.1) is 11.8 Å². The van der Waals surface area contributed by atoms with Gasteiger partial charge in [-0.1, -0.05) is 19.8 Å². The van der Waals surface area contributed by atoms with E-state index in [1.807, 2.05) is 0 Å². The van der Waals surface area contributed by atoms with Gasteiger partial charge in [0.15, 0.2) is 0 Å². The minimum absolute atomic E-state index is 0.763. The molecule has 1 rings (SSSR count). The summed E-state index contributed by atoms with van der Waals surface area (Å²) in [6, 6.07) is 0.763. The van der Waals surface area contributed by atoms with E-state index in [4.69, 9.17) is 4.74 Å². The smallest absolute Gasteiger partial charge is 0.0464 e. The van der Waals surface area contributed by atoms with E-state index < -0.39 is 0 Å². The van der Waals surface area contributed by atoms with Crippen molar-refractivity contribution in [1.29, 1.82) is 0 Å². The van der Waals surface area contributed by atoms with Gasteiger partial charge in [-0.05, 0) is 38.1 Å². The van der Waals surface area contributed by atoms with Crippen LogP contribution in [0.2, 0.25) is 0 Å². The highest BCUT2D eigenvalue weighted by molar-refractivity contribution is 4.79. The maximum Gasteiger partial charge on any atom is 0.0464 e. The van der Waals surface area contributed by atoms with Crippen molar-refractivity contribution in [2.75, 3.05) is 20.8 Å². The summed E-state index contributed by atoms with van der Waals surface area (Å²) in [5, 5.41) is 3.41. The molecule has 0 radical (unpaired) electrons. The van der Waals surface area contributed by atoms with E-state index in [0.29, 0.717) is 0 Å². The molecule has 14 heavy (non-hydrogen) atoms. The van der Waals surface area contributed by atoms with Gasteiger partial charge < -0.3 is 10.1 Å². The second-order valence-electron chi connectivity index (χ2n) is 4.67. The van der Waals surface area contributed by atoms with Gasteiger partial charge in [0.25, 0.3) is 0 Å². The van der Waals surface area contributed by atoms with Crippen molar-refractivity contribution >= 4 is 0 Å². The first-order valence-electron chi connectivity index (χ1n) is 5.94. The minimum Gasteiger partial charge on any atom is -0.385 e. The zero-order valence-electron chi connectivity index (χ0n) is 9.88. The summed E-state index contributed by atoms with van der Waals surface area (Å²) < 4.78 is 5.14. The van der Waals surface area contributed by atoms with Gasteiger partial charge in [-0.3, -0.25) is 0 Å². The van der Waals surface area contributed by atoms with Crippen molar-refractivity contribution in [2.45, 2.75) is 45.1 Å². The topological polar surface area (TPSA) is 21.3 Å². The Hall–Kier alpha value is -0.0800. The fourth-order valence-corrected chi connectivity index (χ4v) is 2.55. The lowest BCUT2D eigenvalue weighted by Crippen LogP contribution is -2.33. The number of nitrogens with one attached hydrogen (secondary N) is 1. The van der Waals surface area contributed by atoms with Gasteiger partial charge >= 0.3 is 0 Å². The Morgan fingerprint density at radius 2 is 2.21 bits per heavy atom. The van der Waals surface area contributed by atoms with Crippen molar-refractivity contribution in [3.05, 3.63) is 0 Å². The summed E-state index contributed by atoms with van der Waals surface area (Å²) in [5.74, 6) is 1.74. The highest BCUT2D eigenvalue weighted by Crippen LogP contribution is 2.31. The summed E-state index contributed by atoms with van der Waals surface area (Å²) in [4.78, 5) is 0. The number of methoxy groups -OCH3 is 1. The molecule has 1 aliphatic carbocycles. The molecule has 0 aromatic rings. The molecule has 0 aliphatic heterocycles. The van der Waals surface area contributed by atoms with Gasteiger partial charge in [-0.25, -0.2) is 0 Å². The third-order valence-electron chi connectivity index (χ3n) is 3.71. The largest absolute Gasteiger partial charge is 0.385 e. The van der Waals surface area contributed by atoms with Crippen LogP contribution in [0.25, 0.3) is 0 Å². The number of hydrogen-bond acceptors (Lipinski definition) is 2. The Kier molecular flexibility index (Phi) is 5.49. The zero-order valence-corrected chi connectivity index (χ0v) is 9.88. The second kappa shape index (κ2) is 6.41. The highest BCUT2D eigenvalue weighted by Gasteiger charge is 2.24. The van der Waals surface area contributed by atoms with Crippen molar-refractivity contribution in [2.24, 2.45) is 11.8 Å². The van der Waals surface area contributed by atoms with E-state index in [0.717, 1.165) is 24.5 Å². The van der Waals surface area contributed by atoms with Crippen LogP contribution in [0.4, 0.5) is 0 Å². The van der Waals surface area contributed by atoms with Crippen molar-refractivity contribution in [3.63, 3.8) is 0 Å². The zero-order chi connectivity index (χ0) is 10.4. The molecule has 2 heteroatoms. The third-order valence-corrected chi connectivity index (χ3v) is 3.71. The number of hydrogen-bond donors (Lipinski definition) is 1. The van der Waals surface area contributed by atoms with Crippen LogP contribution in [-0.4, -0.2) is 26.8 Å².